The van der Waals surface area contributed by atoms with Crippen molar-refractivity contribution in [1.29, 1.82) is 0 Å². The summed E-state index contributed by atoms with van der Waals surface area (Å²) < 4.78 is 4.51. The van der Waals surface area contributed by atoms with E-state index in [9.17, 15) is 4.79 Å². The molecule has 0 aliphatic rings. The van der Waals surface area contributed by atoms with E-state index in [0.29, 0.717) is 17.8 Å². The van der Waals surface area contributed by atoms with Crippen LogP contribution in [-0.2, 0) is 13.1 Å². The highest BCUT2D eigenvalue weighted by Gasteiger charge is 2.11. The Balaban J connectivity index is 1.70. The van der Waals surface area contributed by atoms with Crippen LogP contribution in [0.1, 0.15) is 28.5 Å². The Morgan fingerprint density at radius 1 is 1.25 bits per heavy atom. The number of halogens is 1. The fourth-order valence-electron chi connectivity index (χ4n) is 2.49. The summed E-state index contributed by atoms with van der Waals surface area (Å²) in [5, 5.41) is 11.5. The number of carbonyl (C=O) groups is 1. The molecule has 1 N–H and O–H groups in total. The van der Waals surface area contributed by atoms with Gasteiger partial charge in [0, 0.05) is 28.5 Å². The van der Waals surface area contributed by atoms with Crippen LogP contribution >= 0.6 is 15.9 Å². The van der Waals surface area contributed by atoms with Crippen LogP contribution in [0.5, 0.6) is 0 Å². The highest BCUT2D eigenvalue weighted by molar-refractivity contribution is 9.10. The van der Waals surface area contributed by atoms with E-state index in [2.05, 4.69) is 38.4 Å². The predicted molar refractivity (Wildman–Crippen MR) is 96.1 cm³/mol. The van der Waals surface area contributed by atoms with E-state index in [0.717, 1.165) is 22.3 Å². The third kappa shape index (κ3) is 3.41. The lowest BCUT2D eigenvalue weighted by Gasteiger charge is -2.04. The number of hydrogen-bond acceptors (Lipinski definition) is 3. The van der Waals surface area contributed by atoms with Crippen LogP contribution in [-0.4, -0.2) is 25.5 Å². The number of amides is 1. The zero-order valence-corrected chi connectivity index (χ0v) is 15.1. The predicted octanol–water partition coefficient (Wildman–Crippen LogP) is 3.47. The maximum Gasteiger partial charge on any atom is 0.256 e. The van der Waals surface area contributed by atoms with Gasteiger partial charge in [-0.25, -0.2) is 0 Å². The maximum absolute atomic E-state index is 12.3. The number of hydrogen-bond donors (Lipinski definition) is 1. The van der Waals surface area contributed by atoms with E-state index in [1.165, 1.54) is 0 Å². The summed E-state index contributed by atoms with van der Waals surface area (Å²) in [5.41, 5.74) is 3.50. The number of nitrogens with one attached hydrogen (secondary N) is 1. The summed E-state index contributed by atoms with van der Waals surface area (Å²) in [6.45, 7) is 5.58. The normalized spacial score (nSPS) is 10.8. The van der Waals surface area contributed by atoms with E-state index < -0.39 is 0 Å². The standard InChI is InChI=1S/C17H18BrN5O/c1-3-23-12(2)13(8-20-23)10-22-11-14(9-19-22)21-17(24)15-6-4-5-7-16(15)18/h4-9,11H,3,10H2,1-2H3,(H,21,24). The van der Waals surface area contributed by atoms with Crippen LogP contribution in [0.3, 0.4) is 0 Å². The molecule has 0 unspecified atom stereocenters. The molecule has 2 heterocycles. The fraction of sp³-hybridized carbons (Fsp3) is 0.235. The number of aromatic nitrogens is 4. The molecule has 0 radical (unpaired) electrons. The number of nitrogens with zero attached hydrogens (tertiary/aromatic N) is 4. The lowest BCUT2D eigenvalue weighted by atomic mass is 10.2. The number of aryl methyl sites for hydroxylation is 1. The minimum absolute atomic E-state index is 0.169. The average Bonchev–Trinajstić information content (AvgIpc) is 3.15. The smallest absolute Gasteiger partial charge is 0.256 e. The van der Waals surface area contributed by atoms with Gasteiger partial charge in [-0.3, -0.25) is 14.2 Å². The summed E-state index contributed by atoms with van der Waals surface area (Å²) in [5.74, 6) is -0.169. The van der Waals surface area contributed by atoms with Crippen LogP contribution in [0.15, 0.2) is 47.3 Å². The molecule has 7 heteroatoms. The van der Waals surface area contributed by atoms with Gasteiger partial charge in [-0.1, -0.05) is 12.1 Å². The van der Waals surface area contributed by atoms with Crippen molar-refractivity contribution < 1.29 is 4.79 Å². The van der Waals surface area contributed by atoms with Crippen LogP contribution in [0.4, 0.5) is 5.69 Å². The summed E-state index contributed by atoms with van der Waals surface area (Å²) in [6.07, 6.45) is 5.33. The van der Waals surface area contributed by atoms with Gasteiger partial charge in [0.15, 0.2) is 0 Å². The Hall–Kier alpha value is -2.41. The Morgan fingerprint density at radius 3 is 2.75 bits per heavy atom. The molecule has 1 aromatic carbocycles. The molecule has 0 atom stereocenters. The van der Waals surface area contributed by atoms with E-state index >= 15 is 0 Å². The fourth-order valence-corrected chi connectivity index (χ4v) is 2.96. The van der Waals surface area contributed by atoms with Gasteiger partial charge in [0.1, 0.15) is 0 Å². The molecule has 24 heavy (non-hydrogen) atoms. The minimum atomic E-state index is -0.169. The van der Waals surface area contributed by atoms with Crippen molar-refractivity contribution in [2.24, 2.45) is 0 Å². The third-order valence-electron chi connectivity index (χ3n) is 3.85. The van der Waals surface area contributed by atoms with Gasteiger partial charge >= 0.3 is 0 Å². The molecule has 0 saturated carbocycles. The van der Waals surface area contributed by atoms with Crippen molar-refractivity contribution in [3.63, 3.8) is 0 Å². The first kappa shape index (κ1) is 16.4. The van der Waals surface area contributed by atoms with Gasteiger partial charge in [0.05, 0.1) is 30.2 Å². The van der Waals surface area contributed by atoms with Gasteiger partial charge in [0.25, 0.3) is 5.91 Å². The molecule has 0 fully saturated rings. The second-order valence-electron chi connectivity index (χ2n) is 5.43. The molecular weight excluding hydrogens is 370 g/mol. The van der Waals surface area contributed by atoms with Gasteiger partial charge in [-0.2, -0.15) is 10.2 Å². The number of benzene rings is 1. The van der Waals surface area contributed by atoms with E-state index in [1.54, 1.807) is 16.9 Å². The van der Waals surface area contributed by atoms with Crippen LogP contribution in [0.25, 0.3) is 0 Å². The van der Waals surface area contributed by atoms with Crippen molar-refractivity contribution in [3.8, 4) is 0 Å². The molecule has 3 rings (SSSR count). The Labute approximate surface area is 148 Å². The van der Waals surface area contributed by atoms with Crippen LogP contribution in [0, 0.1) is 6.92 Å². The zero-order chi connectivity index (χ0) is 17.1. The van der Waals surface area contributed by atoms with Crippen molar-refractivity contribution >= 4 is 27.5 Å². The van der Waals surface area contributed by atoms with Gasteiger partial charge in [0.2, 0.25) is 0 Å². The molecule has 0 aliphatic heterocycles. The number of rotatable bonds is 5. The first-order valence-corrected chi connectivity index (χ1v) is 8.47. The first-order valence-electron chi connectivity index (χ1n) is 7.68. The summed E-state index contributed by atoms with van der Waals surface area (Å²) in [7, 11) is 0. The van der Waals surface area contributed by atoms with Crippen molar-refractivity contribution in [3.05, 3.63) is 64.1 Å². The second kappa shape index (κ2) is 7.00. The van der Waals surface area contributed by atoms with Gasteiger partial charge in [-0.05, 0) is 41.9 Å². The molecular formula is C17H18BrN5O. The largest absolute Gasteiger partial charge is 0.319 e. The van der Waals surface area contributed by atoms with E-state index in [4.69, 9.17) is 0 Å². The highest BCUT2D eigenvalue weighted by atomic mass is 79.9. The van der Waals surface area contributed by atoms with Crippen LogP contribution < -0.4 is 5.32 Å². The van der Waals surface area contributed by atoms with Gasteiger partial charge < -0.3 is 5.32 Å². The lowest BCUT2D eigenvalue weighted by molar-refractivity contribution is 0.102. The summed E-state index contributed by atoms with van der Waals surface area (Å²) >= 11 is 3.39. The molecule has 1 amide bonds. The Morgan fingerprint density at radius 2 is 2.04 bits per heavy atom. The van der Waals surface area contributed by atoms with Crippen LogP contribution in [0.2, 0.25) is 0 Å². The highest BCUT2D eigenvalue weighted by Crippen LogP contribution is 2.18. The minimum Gasteiger partial charge on any atom is -0.319 e. The maximum atomic E-state index is 12.3. The number of carbonyl (C=O) groups excluding carboxylic acids is 1. The lowest BCUT2D eigenvalue weighted by Crippen LogP contribution is -2.12. The molecule has 0 saturated heterocycles. The molecule has 0 spiro atoms. The monoisotopic (exact) mass is 387 g/mol. The van der Waals surface area contributed by atoms with Crippen molar-refractivity contribution in [1.82, 2.24) is 19.6 Å². The zero-order valence-electron chi connectivity index (χ0n) is 13.5. The SMILES string of the molecule is CCn1ncc(Cn2cc(NC(=O)c3ccccc3Br)cn2)c1C. The second-order valence-corrected chi connectivity index (χ2v) is 6.29. The molecule has 0 aliphatic carbocycles. The Kier molecular flexibility index (Phi) is 4.80. The quantitative estimate of drug-likeness (QED) is 0.728. The molecule has 124 valence electrons. The summed E-state index contributed by atoms with van der Waals surface area (Å²) in [4.78, 5) is 12.3. The van der Waals surface area contributed by atoms with Crippen molar-refractivity contribution in [2.45, 2.75) is 26.9 Å². The molecule has 3 aromatic rings. The van der Waals surface area contributed by atoms with Crippen molar-refractivity contribution in [2.75, 3.05) is 5.32 Å². The number of anilines is 1. The molecule has 0 bridgehead atoms. The molecule has 6 nitrogen and oxygen atoms in total. The van der Waals surface area contributed by atoms with E-state index in [1.807, 2.05) is 42.2 Å². The summed E-state index contributed by atoms with van der Waals surface area (Å²) in [6, 6.07) is 7.31. The molecule has 2 aromatic heterocycles. The Bertz CT molecular complexity index is 868. The van der Waals surface area contributed by atoms with Gasteiger partial charge in [-0.15, -0.1) is 0 Å². The third-order valence-corrected chi connectivity index (χ3v) is 4.54. The first-order chi connectivity index (χ1) is 11.6. The van der Waals surface area contributed by atoms with E-state index in [-0.39, 0.29) is 5.91 Å². The topological polar surface area (TPSA) is 64.7 Å². The average molecular weight is 388 g/mol.